The first-order chi connectivity index (χ1) is 12.9. The Morgan fingerprint density at radius 2 is 1.00 bits per heavy atom. The Hall–Kier alpha value is -3.56. The molecular weight excluding hydrogens is 312 g/mol. The number of benzene rings is 4. The number of hydrogen-bond acceptors (Lipinski definition) is 0. The number of rotatable bonds is 2. The Balaban J connectivity index is 1.83. The van der Waals surface area contributed by atoms with Crippen LogP contribution in [-0.4, -0.2) is 0 Å². The maximum Gasteiger partial charge on any atom is 0.0327 e. The molecule has 0 amide bonds. The summed E-state index contributed by atoms with van der Waals surface area (Å²) >= 11 is 0. The highest BCUT2D eigenvalue weighted by Gasteiger charge is 2.06. The molecule has 0 heterocycles. The third kappa shape index (κ3) is 3.58. The zero-order chi connectivity index (χ0) is 17.6. The summed E-state index contributed by atoms with van der Waals surface area (Å²) in [6.45, 7) is 0. The molecule has 0 heteroatoms. The molecule has 122 valence electrons. The fraction of sp³-hybridized carbons (Fsp3) is 0. The van der Waals surface area contributed by atoms with Crippen molar-refractivity contribution in [3.05, 3.63) is 120 Å². The topological polar surface area (TPSA) is 0 Å². The normalized spacial score (nSPS) is 10.0. The minimum absolute atomic E-state index is 1.03. The van der Waals surface area contributed by atoms with Gasteiger partial charge in [-0.3, -0.25) is 0 Å². The molecule has 26 heavy (non-hydrogen) atoms. The third-order valence-corrected chi connectivity index (χ3v) is 4.33. The quantitative estimate of drug-likeness (QED) is 0.372. The van der Waals surface area contributed by atoms with Crippen LogP contribution in [0.5, 0.6) is 0 Å². The Kier molecular flexibility index (Phi) is 4.63. The highest BCUT2D eigenvalue weighted by atomic mass is 14.1. The van der Waals surface area contributed by atoms with Crippen LogP contribution in [0.3, 0.4) is 0 Å². The minimum Gasteiger partial charge on any atom is -0.0622 e. The number of hydrogen-bond donors (Lipinski definition) is 0. The van der Waals surface area contributed by atoms with Crippen molar-refractivity contribution >= 4 is 0 Å². The van der Waals surface area contributed by atoms with Crippen molar-refractivity contribution in [2.24, 2.45) is 0 Å². The zero-order valence-corrected chi connectivity index (χ0v) is 14.4. The molecule has 0 aromatic heterocycles. The molecule has 0 bridgehead atoms. The lowest BCUT2D eigenvalue weighted by atomic mass is 9.94. The molecule has 4 aromatic carbocycles. The molecule has 0 aliphatic carbocycles. The van der Waals surface area contributed by atoms with Crippen molar-refractivity contribution in [1.82, 2.24) is 0 Å². The van der Waals surface area contributed by atoms with E-state index in [0.717, 1.165) is 16.7 Å². The van der Waals surface area contributed by atoms with E-state index in [2.05, 4.69) is 78.6 Å². The van der Waals surface area contributed by atoms with E-state index in [1.807, 2.05) is 42.5 Å². The van der Waals surface area contributed by atoms with Gasteiger partial charge in [-0.1, -0.05) is 96.8 Å². The predicted molar refractivity (Wildman–Crippen MR) is 110 cm³/mol. The second-order valence-electron chi connectivity index (χ2n) is 6.11. The van der Waals surface area contributed by atoms with Crippen molar-refractivity contribution in [2.45, 2.75) is 0 Å². The van der Waals surface area contributed by atoms with Crippen LogP contribution in [0.4, 0.5) is 0 Å². The molecule has 0 atom stereocenters. The van der Waals surface area contributed by atoms with Gasteiger partial charge in [0.1, 0.15) is 0 Å². The molecule has 0 spiro atoms. The molecular formula is C26H18. The van der Waals surface area contributed by atoms with Gasteiger partial charge in [-0.25, -0.2) is 0 Å². The van der Waals surface area contributed by atoms with E-state index in [-0.39, 0.29) is 0 Å². The van der Waals surface area contributed by atoms with Gasteiger partial charge < -0.3 is 0 Å². The molecule has 0 saturated heterocycles. The summed E-state index contributed by atoms with van der Waals surface area (Å²) in [4.78, 5) is 0. The Morgan fingerprint density at radius 3 is 1.65 bits per heavy atom. The van der Waals surface area contributed by atoms with Crippen LogP contribution in [0.15, 0.2) is 109 Å². The van der Waals surface area contributed by atoms with Crippen molar-refractivity contribution < 1.29 is 0 Å². The van der Waals surface area contributed by atoms with E-state index in [0.29, 0.717) is 0 Å². The first-order valence-electron chi connectivity index (χ1n) is 8.72. The van der Waals surface area contributed by atoms with Gasteiger partial charge in [-0.05, 0) is 46.5 Å². The zero-order valence-electron chi connectivity index (χ0n) is 14.4. The van der Waals surface area contributed by atoms with Crippen molar-refractivity contribution in [1.29, 1.82) is 0 Å². The smallest absolute Gasteiger partial charge is 0.0327 e. The van der Waals surface area contributed by atoms with Gasteiger partial charge in [0.15, 0.2) is 0 Å². The fourth-order valence-corrected chi connectivity index (χ4v) is 2.98. The van der Waals surface area contributed by atoms with Gasteiger partial charge in [0, 0.05) is 11.1 Å². The molecule has 0 fully saturated rings. The second-order valence-corrected chi connectivity index (χ2v) is 6.11. The fourth-order valence-electron chi connectivity index (χ4n) is 2.98. The average Bonchev–Trinajstić information content (AvgIpc) is 2.74. The molecule has 0 nitrogen and oxygen atoms in total. The van der Waals surface area contributed by atoms with Gasteiger partial charge >= 0.3 is 0 Å². The maximum absolute atomic E-state index is 3.36. The molecule has 0 saturated carbocycles. The standard InChI is InChI=1S/C26H18/c1-4-10-21(11-5-1)16-17-24-18-19-25(22-12-6-2-7-13-22)20-26(24)23-14-8-3-9-15-23/h1-15,18-20H. The van der Waals surface area contributed by atoms with Gasteiger partial charge in [0.2, 0.25) is 0 Å². The predicted octanol–water partition coefficient (Wildman–Crippen LogP) is 6.42. The molecule has 4 aromatic rings. The Morgan fingerprint density at radius 1 is 0.423 bits per heavy atom. The van der Waals surface area contributed by atoms with E-state index in [1.165, 1.54) is 16.7 Å². The molecule has 0 N–H and O–H groups in total. The van der Waals surface area contributed by atoms with Gasteiger partial charge in [0.05, 0.1) is 0 Å². The van der Waals surface area contributed by atoms with E-state index in [1.54, 1.807) is 0 Å². The highest BCUT2D eigenvalue weighted by molar-refractivity contribution is 5.78. The van der Waals surface area contributed by atoms with Crippen LogP contribution in [0.2, 0.25) is 0 Å². The van der Waals surface area contributed by atoms with E-state index < -0.39 is 0 Å². The summed E-state index contributed by atoms with van der Waals surface area (Å²) in [6.07, 6.45) is 0. The first kappa shape index (κ1) is 15.9. The van der Waals surface area contributed by atoms with E-state index >= 15 is 0 Å². The average molecular weight is 330 g/mol. The van der Waals surface area contributed by atoms with Crippen molar-refractivity contribution in [3.63, 3.8) is 0 Å². The van der Waals surface area contributed by atoms with Crippen LogP contribution in [-0.2, 0) is 0 Å². The largest absolute Gasteiger partial charge is 0.0622 e. The van der Waals surface area contributed by atoms with Gasteiger partial charge in [-0.15, -0.1) is 0 Å². The monoisotopic (exact) mass is 330 g/mol. The van der Waals surface area contributed by atoms with E-state index in [9.17, 15) is 0 Å². The highest BCUT2D eigenvalue weighted by Crippen LogP contribution is 2.29. The summed E-state index contributed by atoms with van der Waals surface area (Å²) in [6, 6.07) is 37.5. The lowest BCUT2D eigenvalue weighted by Crippen LogP contribution is -1.87. The maximum atomic E-state index is 3.36. The molecule has 0 unspecified atom stereocenters. The lowest BCUT2D eigenvalue weighted by Gasteiger charge is -2.09. The third-order valence-electron chi connectivity index (χ3n) is 4.33. The summed E-state index contributed by atoms with van der Waals surface area (Å²) in [5, 5.41) is 0. The SMILES string of the molecule is C(#Cc1ccc(-c2ccccc2)cc1-c1ccccc1)c1ccccc1. The summed E-state index contributed by atoms with van der Waals surface area (Å²) in [5.41, 5.74) is 6.83. The second kappa shape index (κ2) is 7.55. The molecule has 0 aliphatic heterocycles. The summed E-state index contributed by atoms with van der Waals surface area (Å²) < 4.78 is 0. The molecule has 0 aliphatic rings. The van der Waals surface area contributed by atoms with Gasteiger partial charge in [0.25, 0.3) is 0 Å². The minimum atomic E-state index is 1.03. The van der Waals surface area contributed by atoms with Crippen LogP contribution in [0, 0.1) is 11.8 Å². The first-order valence-corrected chi connectivity index (χ1v) is 8.72. The van der Waals surface area contributed by atoms with E-state index in [4.69, 9.17) is 0 Å². The van der Waals surface area contributed by atoms with Gasteiger partial charge in [-0.2, -0.15) is 0 Å². The Bertz CT molecular complexity index is 1050. The van der Waals surface area contributed by atoms with Crippen molar-refractivity contribution in [3.8, 4) is 34.1 Å². The van der Waals surface area contributed by atoms with Crippen molar-refractivity contribution in [2.75, 3.05) is 0 Å². The molecule has 0 radical (unpaired) electrons. The lowest BCUT2D eigenvalue weighted by molar-refractivity contribution is 1.56. The van der Waals surface area contributed by atoms with Crippen LogP contribution in [0.1, 0.15) is 11.1 Å². The van der Waals surface area contributed by atoms with Crippen LogP contribution in [0.25, 0.3) is 22.3 Å². The van der Waals surface area contributed by atoms with Crippen LogP contribution >= 0.6 is 0 Å². The summed E-state index contributed by atoms with van der Waals surface area (Å²) in [7, 11) is 0. The Labute approximate surface area is 154 Å². The van der Waals surface area contributed by atoms with Crippen LogP contribution < -0.4 is 0 Å². The molecule has 4 rings (SSSR count). The summed E-state index contributed by atoms with van der Waals surface area (Å²) in [5.74, 6) is 6.64.